The van der Waals surface area contributed by atoms with Crippen LogP contribution in [0.5, 0.6) is 0 Å². The quantitative estimate of drug-likeness (QED) is 0.370. The molecule has 4 saturated carbocycles. The molecule has 5 heteroatoms. The van der Waals surface area contributed by atoms with Gasteiger partial charge in [-0.1, -0.05) is 73.1 Å². The molecule has 0 heterocycles. The van der Waals surface area contributed by atoms with Crippen molar-refractivity contribution >= 4 is 17.7 Å². The van der Waals surface area contributed by atoms with Crippen LogP contribution < -0.4 is 5.32 Å². The molecular formula is C38H53NO4. The standard InChI is InChI=1S/C38H53NO4/c1-22(2)30-26(40)21-35(5)19-20-37(7)25(31(30)35)13-14-28-36(6)17-16-29(34(3,4)27(36)15-18-38(28,37)8)39-32(41)23-11-9-10-12-24(23)33(42)43/h9-12,22,25,27-29H,13-21H2,1-8H3,(H,39,41)(H,42,43)/t25-,27+,28-,29?,35+,36+,37-,38-/m1/s1. The van der Waals surface area contributed by atoms with E-state index in [2.05, 4.69) is 60.7 Å². The molecule has 5 nitrogen and oxygen atoms in total. The van der Waals surface area contributed by atoms with Gasteiger partial charge in [-0.2, -0.15) is 0 Å². The van der Waals surface area contributed by atoms with Gasteiger partial charge in [-0.25, -0.2) is 4.79 Å². The lowest BCUT2D eigenvalue weighted by molar-refractivity contribution is -0.215. The summed E-state index contributed by atoms with van der Waals surface area (Å²) in [5.74, 6) is 0.922. The highest BCUT2D eigenvalue weighted by molar-refractivity contribution is 6.05. The van der Waals surface area contributed by atoms with E-state index >= 15 is 0 Å². The highest BCUT2D eigenvalue weighted by atomic mass is 16.4. The third kappa shape index (κ3) is 4.11. The molecule has 234 valence electrons. The summed E-state index contributed by atoms with van der Waals surface area (Å²) in [6.45, 7) is 19.3. The summed E-state index contributed by atoms with van der Waals surface area (Å²) < 4.78 is 0. The number of carbonyl (C=O) groups is 3. The minimum Gasteiger partial charge on any atom is -0.478 e. The Kier molecular flexibility index (Phi) is 6.96. The maximum atomic E-state index is 13.5. The number of hydrogen-bond donors (Lipinski definition) is 2. The highest BCUT2D eigenvalue weighted by Gasteiger charge is 2.69. The van der Waals surface area contributed by atoms with Crippen molar-refractivity contribution in [3.63, 3.8) is 0 Å². The van der Waals surface area contributed by atoms with E-state index in [1.54, 1.807) is 23.8 Å². The van der Waals surface area contributed by atoms with Crippen LogP contribution in [-0.4, -0.2) is 28.8 Å². The number of Topliss-reactive ketones (excluding diaryl/α,β-unsaturated/α-hetero) is 1. The maximum absolute atomic E-state index is 13.5. The van der Waals surface area contributed by atoms with Gasteiger partial charge in [0.1, 0.15) is 0 Å². The lowest BCUT2D eigenvalue weighted by Gasteiger charge is -2.72. The monoisotopic (exact) mass is 587 g/mol. The normalized spacial score (nSPS) is 41.7. The first-order chi connectivity index (χ1) is 20.0. The molecule has 5 aliphatic rings. The molecule has 5 aliphatic carbocycles. The molecule has 0 radical (unpaired) electrons. The Morgan fingerprint density at radius 2 is 1.51 bits per heavy atom. The van der Waals surface area contributed by atoms with Gasteiger partial charge < -0.3 is 10.4 Å². The predicted molar refractivity (Wildman–Crippen MR) is 170 cm³/mol. The molecule has 8 atom stereocenters. The SMILES string of the molecule is CC(C)C1=C2[C@H]3CC[C@@H]4[C@@]5(C)CCC(NC(=O)c6ccccc6C(=O)O)C(C)(C)[C@@H]5CC[C@@]4(C)[C@]3(C)CC[C@@]2(C)CC1=O. The van der Waals surface area contributed by atoms with Gasteiger partial charge in [0.05, 0.1) is 11.1 Å². The number of hydrogen-bond acceptors (Lipinski definition) is 3. The van der Waals surface area contributed by atoms with Crippen molar-refractivity contribution in [3.8, 4) is 0 Å². The molecule has 0 bridgehead atoms. The number of benzene rings is 1. The first-order valence-corrected chi connectivity index (χ1v) is 16.9. The van der Waals surface area contributed by atoms with Gasteiger partial charge in [0.25, 0.3) is 5.91 Å². The Morgan fingerprint density at radius 3 is 2.16 bits per heavy atom. The van der Waals surface area contributed by atoms with Crippen LogP contribution >= 0.6 is 0 Å². The number of rotatable bonds is 4. The number of carboxylic acid groups (broad SMARTS) is 1. The number of amides is 1. The molecule has 0 spiro atoms. The number of aromatic carboxylic acids is 1. The molecule has 6 rings (SSSR count). The van der Waals surface area contributed by atoms with Crippen molar-refractivity contribution in [1.82, 2.24) is 5.32 Å². The Bertz CT molecular complexity index is 1410. The average molecular weight is 588 g/mol. The Balaban J connectivity index is 1.30. The summed E-state index contributed by atoms with van der Waals surface area (Å²) in [6.07, 6.45) is 9.73. The third-order valence-electron chi connectivity index (χ3n) is 14.5. The van der Waals surface area contributed by atoms with E-state index in [0.717, 1.165) is 25.7 Å². The van der Waals surface area contributed by atoms with E-state index in [4.69, 9.17) is 0 Å². The second-order valence-electron chi connectivity index (χ2n) is 17.0. The Labute approximate surface area is 258 Å². The van der Waals surface area contributed by atoms with Gasteiger partial charge >= 0.3 is 5.97 Å². The van der Waals surface area contributed by atoms with Crippen LogP contribution in [0.15, 0.2) is 35.4 Å². The molecule has 1 aromatic rings. The summed E-state index contributed by atoms with van der Waals surface area (Å²) in [5.41, 5.74) is 3.50. The van der Waals surface area contributed by atoms with E-state index in [9.17, 15) is 19.5 Å². The van der Waals surface area contributed by atoms with Crippen LogP contribution in [0.3, 0.4) is 0 Å². The third-order valence-corrected chi connectivity index (χ3v) is 14.5. The van der Waals surface area contributed by atoms with Gasteiger partial charge in [-0.15, -0.1) is 0 Å². The predicted octanol–water partition coefficient (Wildman–Crippen LogP) is 8.48. The van der Waals surface area contributed by atoms with Crippen LogP contribution in [0.2, 0.25) is 0 Å². The molecule has 43 heavy (non-hydrogen) atoms. The molecule has 1 aromatic carbocycles. The molecule has 1 amide bonds. The van der Waals surface area contributed by atoms with Crippen LogP contribution in [-0.2, 0) is 4.79 Å². The average Bonchev–Trinajstić information content (AvgIpc) is 3.21. The smallest absolute Gasteiger partial charge is 0.336 e. The summed E-state index contributed by atoms with van der Waals surface area (Å²) in [4.78, 5) is 38.6. The fourth-order valence-corrected chi connectivity index (χ4v) is 12.2. The minimum absolute atomic E-state index is 0.00477. The van der Waals surface area contributed by atoms with Crippen molar-refractivity contribution in [1.29, 1.82) is 0 Å². The number of carbonyl (C=O) groups excluding carboxylic acids is 2. The first-order valence-electron chi connectivity index (χ1n) is 16.9. The minimum atomic E-state index is -1.07. The number of carboxylic acids is 1. The molecular weight excluding hydrogens is 534 g/mol. The van der Waals surface area contributed by atoms with Crippen molar-refractivity contribution < 1.29 is 19.5 Å². The molecule has 4 fully saturated rings. The lowest BCUT2D eigenvalue weighted by atomic mass is 9.33. The zero-order valence-electron chi connectivity index (χ0n) is 27.7. The van der Waals surface area contributed by atoms with Crippen molar-refractivity contribution in [2.45, 2.75) is 119 Å². The van der Waals surface area contributed by atoms with Gasteiger partial charge in [0, 0.05) is 12.5 Å². The molecule has 0 saturated heterocycles. The van der Waals surface area contributed by atoms with Gasteiger partial charge in [0.2, 0.25) is 0 Å². The Morgan fingerprint density at radius 1 is 0.837 bits per heavy atom. The maximum Gasteiger partial charge on any atom is 0.336 e. The fourth-order valence-electron chi connectivity index (χ4n) is 12.2. The van der Waals surface area contributed by atoms with Crippen molar-refractivity contribution in [3.05, 3.63) is 46.5 Å². The largest absolute Gasteiger partial charge is 0.478 e. The van der Waals surface area contributed by atoms with Crippen LogP contribution in [0, 0.1) is 50.7 Å². The van der Waals surface area contributed by atoms with E-state index in [1.165, 1.54) is 37.3 Å². The van der Waals surface area contributed by atoms with Gasteiger partial charge in [-0.3, -0.25) is 9.59 Å². The van der Waals surface area contributed by atoms with Gasteiger partial charge in [0.15, 0.2) is 5.78 Å². The van der Waals surface area contributed by atoms with Crippen molar-refractivity contribution in [2.24, 2.45) is 50.7 Å². The summed E-state index contributed by atoms with van der Waals surface area (Å²) in [7, 11) is 0. The molecule has 2 N–H and O–H groups in total. The number of nitrogens with one attached hydrogen (secondary N) is 1. The van der Waals surface area contributed by atoms with E-state index < -0.39 is 5.97 Å². The van der Waals surface area contributed by atoms with Crippen LogP contribution in [0.1, 0.15) is 134 Å². The summed E-state index contributed by atoms with van der Waals surface area (Å²) >= 11 is 0. The number of ketones is 1. The fraction of sp³-hybridized carbons (Fsp3) is 0.711. The van der Waals surface area contributed by atoms with E-state index in [1.807, 2.05) is 0 Å². The zero-order valence-corrected chi connectivity index (χ0v) is 27.7. The first kappa shape index (κ1) is 30.6. The zero-order chi connectivity index (χ0) is 31.3. The van der Waals surface area contributed by atoms with Crippen LogP contribution in [0.25, 0.3) is 0 Å². The number of allylic oxidation sites excluding steroid dienone is 2. The summed E-state index contributed by atoms with van der Waals surface area (Å²) in [5, 5.41) is 13.0. The van der Waals surface area contributed by atoms with E-state index in [0.29, 0.717) is 35.9 Å². The molecule has 0 aliphatic heterocycles. The second-order valence-corrected chi connectivity index (χ2v) is 17.0. The topological polar surface area (TPSA) is 83.5 Å². The van der Waals surface area contributed by atoms with Crippen molar-refractivity contribution in [2.75, 3.05) is 0 Å². The second kappa shape index (κ2) is 9.78. The number of fused-ring (bicyclic) bond motifs is 7. The Hall–Kier alpha value is -2.43. The summed E-state index contributed by atoms with van der Waals surface area (Å²) in [6, 6.07) is 6.53. The van der Waals surface area contributed by atoms with Crippen LogP contribution in [0.4, 0.5) is 0 Å². The van der Waals surface area contributed by atoms with Gasteiger partial charge in [-0.05, 0) is 120 Å². The lowest BCUT2D eigenvalue weighted by Crippen LogP contribution is -2.66. The molecule has 0 aromatic heterocycles. The van der Waals surface area contributed by atoms with E-state index in [-0.39, 0.29) is 50.2 Å². The highest BCUT2D eigenvalue weighted by Crippen LogP contribution is 2.76. The molecule has 1 unspecified atom stereocenters.